The number of carbonyl (C=O) groups is 1. The fourth-order valence-corrected chi connectivity index (χ4v) is 3.05. The highest BCUT2D eigenvalue weighted by atomic mass is 35.5. The Morgan fingerprint density at radius 1 is 1.65 bits per heavy atom. The monoisotopic (exact) mass is 312 g/mol. The van der Waals surface area contributed by atoms with Gasteiger partial charge in [0.2, 0.25) is 0 Å². The number of fused-ring (bicyclic) bond motifs is 1. The first-order valence-electron chi connectivity index (χ1n) is 6.16. The number of rotatable bonds is 3. The number of hydrogen-bond acceptors (Lipinski definition) is 5. The molecule has 0 bridgehead atoms. The van der Waals surface area contributed by atoms with Crippen molar-refractivity contribution in [3.63, 3.8) is 0 Å². The van der Waals surface area contributed by atoms with Crippen molar-refractivity contribution in [2.24, 2.45) is 7.05 Å². The van der Waals surface area contributed by atoms with Crippen LogP contribution in [0, 0.1) is 0 Å². The summed E-state index contributed by atoms with van der Waals surface area (Å²) in [6.07, 6.45) is 2.33. The topological polar surface area (TPSA) is 69.0 Å². The van der Waals surface area contributed by atoms with Gasteiger partial charge in [-0.3, -0.25) is 4.79 Å². The van der Waals surface area contributed by atoms with Crippen molar-refractivity contribution in [2.75, 3.05) is 6.61 Å². The molecule has 3 heterocycles. The van der Waals surface area contributed by atoms with E-state index in [1.165, 1.54) is 11.3 Å². The molecule has 0 saturated heterocycles. The number of thiazole rings is 1. The molecule has 0 aromatic carbocycles. The van der Waals surface area contributed by atoms with Crippen molar-refractivity contribution in [2.45, 2.75) is 19.6 Å². The SMILES string of the molecule is Cn1c(Cl)cnc1CNC(=O)c1nc2c(s1)COCC2. The number of halogens is 1. The molecule has 20 heavy (non-hydrogen) atoms. The molecule has 0 atom stereocenters. The first-order chi connectivity index (χ1) is 9.65. The first-order valence-corrected chi connectivity index (χ1v) is 7.35. The van der Waals surface area contributed by atoms with Crippen LogP contribution in [0.3, 0.4) is 0 Å². The van der Waals surface area contributed by atoms with Gasteiger partial charge in [0.05, 0.1) is 36.5 Å². The molecular formula is C12H13ClN4O2S. The highest BCUT2D eigenvalue weighted by molar-refractivity contribution is 7.13. The maximum absolute atomic E-state index is 12.1. The van der Waals surface area contributed by atoms with Crippen molar-refractivity contribution in [3.8, 4) is 0 Å². The van der Waals surface area contributed by atoms with Crippen LogP contribution in [0.1, 0.15) is 26.2 Å². The Labute approximate surface area is 124 Å². The number of nitrogens with zero attached hydrogens (tertiary/aromatic N) is 3. The van der Waals surface area contributed by atoms with Crippen LogP contribution in [0.2, 0.25) is 5.15 Å². The van der Waals surface area contributed by atoms with Crippen LogP contribution in [0.4, 0.5) is 0 Å². The van der Waals surface area contributed by atoms with E-state index in [9.17, 15) is 4.79 Å². The molecule has 8 heteroatoms. The van der Waals surface area contributed by atoms with E-state index in [1.807, 2.05) is 0 Å². The predicted octanol–water partition coefficient (Wildman–Crippen LogP) is 1.53. The van der Waals surface area contributed by atoms with Crippen LogP contribution in [0.5, 0.6) is 0 Å². The van der Waals surface area contributed by atoms with Gasteiger partial charge in [-0.05, 0) is 0 Å². The minimum Gasteiger partial charge on any atom is -0.375 e. The number of amides is 1. The summed E-state index contributed by atoms with van der Waals surface area (Å²) in [5.74, 6) is 0.511. The van der Waals surface area contributed by atoms with E-state index in [4.69, 9.17) is 16.3 Å². The molecule has 0 aliphatic carbocycles. The number of ether oxygens (including phenoxy) is 1. The summed E-state index contributed by atoms with van der Waals surface area (Å²) in [5.41, 5.74) is 0.978. The van der Waals surface area contributed by atoms with Crippen LogP contribution in [-0.4, -0.2) is 27.0 Å². The van der Waals surface area contributed by atoms with E-state index in [1.54, 1.807) is 17.8 Å². The summed E-state index contributed by atoms with van der Waals surface area (Å²) in [6, 6.07) is 0. The number of imidazole rings is 1. The van der Waals surface area contributed by atoms with E-state index < -0.39 is 0 Å². The predicted molar refractivity (Wildman–Crippen MR) is 74.9 cm³/mol. The normalized spacial score (nSPS) is 14.1. The second kappa shape index (κ2) is 5.51. The van der Waals surface area contributed by atoms with Gasteiger partial charge in [-0.1, -0.05) is 11.6 Å². The third-order valence-corrected chi connectivity index (χ3v) is 4.54. The molecule has 0 fully saturated rings. The average molecular weight is 313 g/mol. The van der Waals surface area contributed by atoms with Gasteiger partial charge in [0, 0.05) is 13.5 Å². The lowest BCUT2D eigenvalue weighted by molar-refractivity contribution is 0.0948. The molecule has 106 valence electrons. The van der Waals surface area contributed by atoms with Gasteiger partial charge in [-0.2, -0.15) is 0 Å². The van der Waals surface area contributed by atoms with Gasteiger partial charge in [-0.15, -0.1) is 11.3 Å². The summed E-state index contributed by atoms with van der Waals surface area (Å²) in [6.45, 7) is 1.54. The van der Waals surface area contributed by atoms with Crippen molar-refractivity contribution in [1.82, 2.24) is 19.9 Å². The third kappa shape index (κ3) is 2.56. The number of hydrogen-bond donors (Lipinski definition) is 1. The molecule has 1 aliphatic rings. The van der Waals surface area contributed by atoms with Gasteiger partial charge in [0.25, 0.3) is 5.91 Å². The second-order valence-corrected chi connectivity index (χ2v) is 5.90. The summed E-state index contributed by atoms with van der Waals surface area (Å²) < 4.78 is 7.07. The second-order valence-electron chi connectivity index (χ2n) is 4.43. The molecule has 0 spiro atoms. The van der Waals surface area contributed by atoms with Gasteiger partial charge in [0.15, 0.2) is 5.01 Å². The van der Waals surface area contributed by atoms with Gasteiger partial charge in [0.1, 0.15) is 11.0 Å². The van der Waals surface area contributed by atoms with E-state index in [-0.39, 0.29) is 5.91 Å². The largest absolute Gasteiger partial charge is 0.375 e. The Morgan fingerprint density at radius 2 is 2.50 bits per heavy atom. The number of nitrogens with one attached hydrogen (secondary N) is 1. The third-order valence-electron chi connectivity index (χ3n) is 3.12. The minimum atomic E-state index is -0.191. The van der Waals surface area contributed by atoms with E-state index >= 15 is 0 Å². The van der Waals surface area contributed by atoms with Crippen molar-refractivity contribution >= 4 is 28.8 Å². The molecule has 2 aromatic rings. The Hall–Kier alpha value is -1.44. The lowest BCUT2D eigenvalue weighted by Crippen LogP contribution is -2.24. The Morgan fingerprint density at radius 3 is 3.20 bits per heavy atom. The van der Waals surface area contributed by atoms with E-state index in [2.05, 4.69) is 15.3 Å². The standard InChI is InChI=1S/C12H13ClN4O2S/c1-17-9(13)4-14-10(17)5-15-11(18)12-16-7-2-3-19-6-8(7)20-12/h4H,2-3,5-6H2,1H3,(H,15,18). The van der Waals surface area contributed by atoms with Crippen LogP contribution in [0.15, 0.2) is 6.20 Å². The van der Waals surface area contributed by atoms with Gasteiger partial charge >= 0.3 is 0 Å². The highest BCUT2D eigenvalue weighted by Crippen LogP contribution is 2.23. The van der Waals surface area contributed by atoms with Crippen molar-refractivity contribution < 1.29 is 9.53 Å². The maximum atomic E-state index is 12.1. The first kappa shape index (κ1) is 13.5. The fraction of sp³-hybridized carbons (Fsp3) is 0.417. The van der Waals surface area contributed by atoms with Crippen molar-refractivity contribution in [1.29, 1.82) is 0 Å². The number of carbonyl (C=O) groups excluding carboxylic acids is 1. The quantitative estimate of drug-likeness (QED) is 0.933. The van der Waals surface area contributed by atoms with Crippen LogP contribution >= 0.6 is 22.9 Å². The molecule has 0 radical (unpaired) electrons. The van der Waals surface area contributed by atoms with Crippen molar-refractivity contribution in [3.05, 3.63) is 32.8 Å². The van der Waals surface area contributed by atoms with Gasteiger partial charge in [-0.25, -0.2) is 9.97 Å². The molecule has 6 nitrogen and oxygen atoms in total. The molecular weight excluding hydrogens is 300 g/mol. The summed E-state index contributed by atoms with van der Waals surface area (Å²) >= 11 is 7.28. The molecule has 1 amide bonds. The summed E-state index contributed by atoms with van der Waals surface area (Å²) in [4.78, 5) is 21.6. The molecule has 1 N–H and O–H groups in total. The van der Waals surface area contributed by atoms with E-state index in [0.29, 0.717) is 35.7 Å². The zero-order valence-corrected chi connectivity index (χ0v) is 12.4. The fourth-order valence-electron chi connectivity index (χ4n) is 1.95. The Kier molecular flexibility index (Phi) is 3.73. The van der Waals surface area contributed by atoms with Crippen LogP contribution < -0.4 is 5.32 Å². The molecule has 1 aliphatic heterocycles. The maximum Gasteiger partial charge on any atom is 0.280 e. The smallest absolute Gasteiger partial charge is 0.280 e. The Bertz CT molecular complexity index is 628. The molecule has 0 saturated carbocycles. The minimum absolute atomic E-state index is 0.191. The van der Waals surface area contributed by atoms with E-state index in [0.717, 1.165) is 17.0 Å². The molecule has 2 aromatic heterocycles. The lowest BCUT2D eigenvalue weighted by Gasteiger charge is -2.08. The molecule has 0 unspecified atom stereocenters. The Balaban J connectivity index is 1.67. The summed E-state index contributed by atoms with van der Waals surface area (Å²) in [7, 11) is 1.80. The van der Waals surface area contributed by atoms with Crippen LogP contribution in [-0.2, 0) is 31.4 Å². The average Bonchev–Trinajstić information content (AvgIpc) is 3.02. The zero-order chi connectivity index (χ0) is 14.1. The zero-order valence-electron chi connectivity index (χ0n) is 10.9. The highest BCUT2D eigenvalue weighted by Gasteiger charge is 2.19. The number of aromatic nitrogens is 3. The van der Waals surface area contributed by atoms with Crippen LogP contribution in [0.25, 0.3) is 0 Å². The summed E-state index contributed by atoms with van der Waals surface area (Å²) in [5, 5.41) is 3.82. The lowest BCUT2D eigenvalue weighted by atomic mass is 10.2. The molecule has 3 rings (SSSR count). The van der Waals surface area contributed by atoms with Gasteiger partial charge < -0.3 is 14.6 Å².